The van der Waals surface area contributed by atoms with Gasteiger partial charge in [-0.2, -0.15) is 0 Å². The molecule has 0 aliphatic rings. The minimum atomic E-state index is -1.68. The van der Waals surface area contributed by atoms with Crippen molar-refractivity contribution in [3.63, 3.8) is 0 Å². The standard InChI is InChI=1S/C12H13F2NO4S/c1-7(16)15-11(12(17)18)6-20(19)5-8-2-9(13)4-10(14)3-8/h2-4,11H,5-6H2,1H3,(H,15,16)(H,17,18). The van der Waals surface area contributed by atoms with Crippen molar-refractivity contribution >= 4 is 22.7 Å². The molecule has 0 heterocycles. The van der Waals surface area contributed by atoms with Crippen molar-refractivity contribution in [2.75, 3.05) is 5.75 Å². The first-order chi connectivity index (χ1) is 9.27. The van der Waals surface area contributed by atoms with Crippen LogP contribution in [0.1, 0.15) is 12.5 Å². The lowest BCUT2D eigenvalue weighted by molar-refractivity contribution is -0.140. The zero-order chi connectivity index (χ0) is 15.3. The van der Waals surface area contributed by atoms with E-state index in [0.717, 1.165) is 19.1 Å². The fourth-order valence-corrected chi connectivity index (χ4v) is 2.80. The summed E-state index contributed by atoms with van der Waals surface area (Å²) in [6.07, 6.45) is 0. The van der Waals surface area contributed by atoms with Gasteiger partial charge in [0.05, 0.1) is 5.75 Å². The number of benzene rings is 1. The van der Waals surface area contributed by atoms with Crippen LogP contribution in [-0.4, -0.2) is 33.0 Å². The summed E-state index contributed by atoms with van der Waals surface area (Å²) in [5.41, 5.74) is 0.160. The Hall–Kier alpha value is -1.83. The van der Waals surface area contributed by atoms with Crippen molar-refractivity contribution in [2.24, 2.45) is 0 Å². The molecule has 1 aromatic carbocycles. The van der Waals surface area contributed by atoms with E-state index in [4.69, 9.17) is 5.11 Å². The summed E-state index contributed by atoms with van der Waals surface area (Å²) in [5, 5.41) is 11.0. The number of amides is 1. The van der Waals surface area contributed by atoms with Crippen LogP contribution >= 0.6 is 0 Å². The number of aliphatic carboxylic acids is 1. The quantitative estimate of drug-likeness (QED) is 0.814. The summed E-state index contributed by atoms with van der Waals surface area (Å²) < 4.78 is 37.7. The first-order valence-electron chi connectivity index (χ1n) is 5.58. The lowest BCUT2D eigenvalue weighted by atomic mass is 10.2. The minimum Gasteiger partial charge on any atom is -0.480 e. The third-order valence-corrected chi connectivity index (χ3v) is 3.64. The molecule has 0 aliphatic carbocycles. The number of carbonyl (C=O) groups excluding carboxylic acids is 1. The van der Waals surface area contributed by atoms with E-state index < -0.39 is 40.4 Å². The molecule has 110 valence electrons. The molecule has 0 spiro atoms. The Balaban J connectivity index is 2.70. The van der Waals surface area contributed by atoms with Gasteiger partial charge >= 0.3 is 5.97 Å². The maximum absolute atomic E-state index is 13.0. The third-order valence-electron chi connectivity index (χ3n) is 2.28. The van der Waals surface area contributed by atoms with E-state index in [0.29, 0.717) is 6.07 Å². The van der Waals surface area contributed by atoms with Gasteiger partial charge in [-0.15, -0.1) is 0 Å². The van der Waals surface area contributed by atoms with E-state index >= 15 is 0 Å². The van der Waals surface area contributed by atoms with Gasteiger partial charge in [0.2, 0.25) is 5.91 Å². The summed E-state index contributed by atoms with van der Waals surface area (Å²) >= 11 is 0. The van der Waals surface area contributed by atoms with Gasteiger partial charge < -0.3 is 10.4 Å². The summed E-state index contributed by atoms with van der Waals surface area (Å²) in [6, 6.07) is 1.43. The number of halogens is 2. The second kappa shape index (κ2) is 7.09. The topological polar surface area (TPSA) is 83.5 Å². The first kappa shape index (κ1) is 16.2. The summed E-state index contributed by atoms with van der Waals surface area (Å²) in [4.78, 5) is 21.7. The van der Waals surface area contributed by atoms with E-state index in [1.807, 2.05) is 0 Å². The number of hydrogen-bond donors (Lipinski definition) is 2. The molecule has 1 aromatic rings. The maximum Gasteiger partial charge on any atom is 0.327 e. The average Bonchev–Trinajstić information content (AvgIpc) is 2.25. The van der Waals surface area contributed by atoms with Crippen LogP contribution in [0, 0.1) is 11.6 Å². The molecule has 0 aromatic heterocycles. The molecular formula is C12H13F2NO4S. The van der Waals surface area contributed by atoms with Gasteiger partial charge in [0.15, 0.2) is 0 Å². The van der Waals surface area contributed by atoms with Crippen LogP contribution in [0.15, 0.2) is 18.2 Å². The molecular weight excluding hydrogens is 292 g/mol. The smallest absolute Gasteiger partial charge is 0.327 e. The van der Waals surface area contributed by atoms with Crippen molar-refractivity contribution < 1.29 is 27.7 Å². The summed E-state index contributed by atoms with van der Waals surface area (Å²) in [5.74, 6) is -4.02. The Bertz CT molecular complexity index is 530. The van der Waals surface area contributed by atoms with Crippen molar-refractivity contribution in [3.8, 4) is 0 Å². The van der Waals surface area contributed by atoms with Crippen molar-refractivity contribution in [1.82, 2.24) is 5.32 Å². The van der Waals surface area contributed by atoms with E-state index in [-0.39, 0.29) is 17.1 Å². The van der Waals surface area contributed by atoms with Crippen LogP contribution in [0.5, 0.6) is 0 Å². The van der Waals surface area contributed by atoms with E-state index in [1.165, 1.54) is 0 Å². The highest BCUT2D eigenvalue weighted by atomic mass is 32.2. The van der Waals surface area contributed by atoms with Crippen molar-refractivity contribution in [1.29, 1.82) is 0 Å². The largest absolute Gasteiger partial charge is 0.480 e. The normalized spacial score (nSPS) is 13.6. The molecule has 8 heteroatoms. The Labute approximate surface area is 116 Å². The molecule has 20 heavy (non-hydrogen) atoms. The number of hydrogen-bond acceptors (Lipinski definition) is 3. The van der Waals surface area contributed by atoms with Gasteiger partial charge in [-0.25, -0.2) is 13.6 Å². The lowest BCUT2D eigenvalue weighted by Crippen LogP contribution is -2.43. The molecule has 5 nitrogen and oxygen atoms in total. The van der Waals surface area contributed by atoms with Gasteiger partial charge in [-0.05, 0) is 17.7 Å². The molecule has 0 saturated carbocycles. The second-order valence-corrected chi connectivity index (χ2v) is 5.62. The Morgan fingerprint density at radius 3 is 2.30 bits per heavy atom. The predicted molar refractivity (Wildman–Crippen MR) is 68.3 cm³/mol. The van der Waals surface area contributed by atoms with Gasteiger partial charge in [-0.3, -0.25) is 9.00 Å². The van der Waals surface area contributed by atoms with Crippen LogP contribution in [0.4, 0.5) is 8.78 Å². The molecule has 0 fully saturated rings. The molecule has 0 radical (unpaired) electrons. The molecule has 1 rings (SSSR count). The van der Waals surface area contributed by atoms with Crippen LogP contribution in [0.2, 0.25) is 0 Å². The first-order valence-corrected chi connectivity index (χ1v) is 7.06. The summed E-state index contributed by atoms with van der Waals surface area (Å²) in [6.45, 7) is 1.14. The minimum absolute atomic E-state index is 0.160. The Morgan fingerprint density at radius 1 is 1.30 bits per heavy atom. The van der Waals surface area contributed by atoms with Gasteiger partial charge in [0.25, 0.3) is 0 Å². The van der Waals surface area contributed by atoms with E-state index in [2.05, 4.69) is 5.32 Å². The Morgan fingerprint density at radius 2 is 1.85 bits per heavy atom. The average molecular weight is 305 g/mol. The Kier molecular flexibility index (Phi) is 5.75. The highest BCUT2D eigenvalue weighted by Gasteiger charge is 2.21. The molecule has 2 unspecified atom stereocenters. The van der Waals surface area contributed by atoms with Crippen LogP contribution in [0.25, 0.3) is 0 Å². The molecule has 2 N–H and O–H groups in total. The van der Waals surface area contributed by atoms with Gasteiger partial charge in [0, 0.05) is 29.5 Å². The highest BCUT2D eigenvalue weighted by Crippen LogP contribution is 2.10. The monoisotopic (exact) mass is 305 g/mol. The molecule has 0 bridgehead atoms. The van der Waals surface area contributed by atoms with Gasteiger partial charge in [-0.1, -0.05) is 0 Å². The van der Waals surface area contributed by atoms with E-state index in [1.54, 1.807) is 0 Å². The van der Waals surface area contributed by atoms with Crippen molar-refractivity contribution in [3.05, 3.63) is 35.4 Å². The molecule has 1 amide bonds. The number of carboxylic acid groups (broad SMARTS) is 1. The van der Waals surface area contributed by atoms with Gasteiger partial charge in [0.1, 0.15) is 17.7 Å². The number of rotatable bonds is 6. The zero-order valence-electron chi connectivity index (χ0n) is 10.6. The maximum atomic E-state index is 13.0. The molecule has 2 atom stereocenters. The number of nitrogens with one attached hydrogen (secondary N) is 1. The van der Waals surface area contributed by atoms with Crippen LogP contribution in [-0.2, 0) is 26.1 Å². The molecule has 0 aliphatic heterocycles. The highest BCUT2D eigenvalue weighted by molar-refractivity contribution is 7.84. The fourth-order valence-electron chi connectivity index (χ4n) is 1.55. The predicted octanol–water partition coefficient (Wildman–Crippen LogP) is 0.803. The zero-order valence-corrected chi connectivity index (χ0v) is 11.4. The SMILES string of the molecule is CC(=O)NC(CS(=O)Cc1cc(F)cc(F)c1)C(=O)O. The second-order valence-electron chi connectivity index (χ2n) is 4.12. The number of carboxylic acids is 1. The third kappa shape index (κ3) is 5.43. The fraction of sp³-hybridized carbons (Fsp3) is 0.333. The van der Waals surface area contributed by atoms with Crippen molar-refractivity contribution in [2.45, 2.75) is 18.7 Å². The van der Waals surface area contributed by atoms with Crippen LogP contribution < -0.4 is 5.32 Å². The summed E-state index contributed by atoms with van der Waals surface area (Å²) in [7, 11) is -1.68. The van der Waals surface area contributed by atoms with Crippen LogP contribution in [0.3, 0.4) is 0 Å². The lowest BCUT2D eigenvalue weighted by Gasteiger charge is -2.12. The van der Waals surface area contributed by atoms with E-state index in [9.17, 15) is 22.6 Å². The molecule has 0 saturated heterocycles. The number of carbonyl (C=O) groups is 2.